The van der Waals surface area contributed by atoms with E-state index >= 15 is 0 Å². The molecule has 1 aromatic heterocycles. The van der Waals surface area contributed by atoms with Gasteiger partial charge in [0.05, 0.1) is 22.3 Å². The first-order valence-electron chi connectivity index (χ1n) is 7.24. The molecule has 0 aliphatic carbocycles. The molecule has 1 aromatic carbocycles. The Labute approximate surface area is 134 Å². The molecule has 0 saturated heterocycles. The lowest BCUT2D eigenvalue weighted by Crippen LogP contribution is -2.09. The van der Waals surface area contributed by atoms with Crippen LogP contribution in [-0.4, -0.2) is 17.3 Å². The van der Waals surface area contributed by atoms with E-state index in [1.165, 1.54) is 6.92 Å². The Morgan fingerprint density at radius 1 is 1.45 bits per heavy atom. The third-order valence-corrected chi connectivity index (χ3v) is 4.48. The molecule has 114 valence electrons. The number of thiazole rings is 1. The van der Waals surface area contributed by atoms with Gasteiger partial charge in [0, 0.05) is 35.5 Å². The minimum absolute atomic E-state index is 0.0113. The van der Waals surface area contributed by atoms with Gasteiger partial charge in [0.25, 0.3) is 0 Å². The van der Waals surface area contributed by atoms with Crippen LogP contribution >= 0.6 is 11.3 Å². The summed E-state index contributed by atoms with van der Waals surface area (Å²) in [7, 11) is 0. The molecule has 4 nitrogen and oxygen atoms in total. The summed E-state index contributed by atoms with van der Waals surface area (Å²) in [6.45, 7) is 6.47. The minimum atomic E-state index is -0.0113. The highest BCUT2D eigenvalue weighted by Gasteiger charge is 2.09. The van der Waals surface area contributed by atoms with Crippen molar-refractivity contribution in [2.75, 3.05) is 11.9 Å². The zero-order valence-electron chi connectivity index (χ0n) is 13.0. The topological polar surface area (TPSA) is 65.8 Å². The number of hydrogen-bond acceptors (Lipinski definition) is 5. The van der Waals surface area contributed by atoms with E-state index in [1.54, 1.807) is 29.5 Å². The third kappa shape index (κ3) is 3.92. The summed E-state index contributed by atoms with van der Waals surface area (Å²) < 4.78 is 0. The molecule has 0 fully saturated rings. The molecule has 1 N–H and O–H groups in total. The van der Waals surface area contributed by atoms with Crippen molar-refractivity contribution in [1.29, 1.82) is 5.26 Å². The number of anilines is 1. The lowest BCUT2D eigenvalue weighted by atomic mass is 10.1. The van der Waals surface area contributed by atoms with Crippen LogP contribution in [0.4, 0.5) is 5.69 Å². The first kappa shape index (κ1) is 16.2. The van der Waals surface area contributed by atoms with Gasteiger partial charge in [0.2, 0.25) is 0 Å². The Balaban J connectivity index is 2.04. The van der Waals surface area contributed by atoms with E-state index in [1.807, 2.05) is 0 Å². The van der Waals surface area contributed by atoms with E-state index in [0.717, 1.165) is 17.1 Å². The lowest BCUT2D eigenvalue weighted by Gasteiger charge is -2.10. The van der Waals surface area contributed by atoms with Crippen LogP contribution in [0.2, 0.25) is 0 Å². The molecule has 0 atom stereocenters. The van der Waals surface area contributed by atoms with E-state index in [4.69, 9.17) is 5.26 Å². The molecule has 0 saturated carbocycles. The summed E-state index contributed by atoms with van der Waals surface area (Å²) >= 11 is 1.68. The number of carbonyl (C=O) groups is 1. The van der Waals surface area contributed by atoms with Gasteiger partial charge in [0.1, 0.15) is 0 Å². The first-order valence-corrected chi connectivity index (χ1v) is 8.12. The number of nitrogens with zero attached hydrogens (tertiary/aromatic N) is 2. The van der Waals surface area contributed by atoms with Crippen molar-refractivity contribution in [3.63, 3.8) is 0 Å². The quantitative estimate of drug-likeness (QED) is 0.819. The largest absolute Gasteiger partial charge is 0.384 e. The summed E-state index contributed by atoms with van der Waals surface area (Å²) in [4.78, 5) is 16.2. The summed E-state index contributed by atoms with van der Waals surface area (Å²) in [6, 6.07) is 7.18. The van der Waals surface area contributed by atoms with Crippen molar-refractivity contribution >= 4 is 22.8 Å². The highest BCUT2D eigenvalue weighted by molar-refractivity contribution is 7.09. The second-order valence-corrected chi connectivity index (χ2v) is 6.33. The molecule has 0 aliphatic rings. The number of aromatic nitrogens is 1. The van der Waals surface area contributed by atoms with Gasteiger partial charge in [-0.25, -0.2) is 4.98 Å². The number of hydrogen-bond donors (Lipinski definition) is 1. The predicted molar refractivity (Wildman–Crippen MR) is 89.6 cm³/mol. The van der Waals surface area contributed by atoms with Gasteiger partial charge in [-0.15, -0.1) is 11.3 Å². The molecule has 0 unspecified atom stereocenters. The first-order chi connectivity index (χ1) is 10.5. The fourth-order valence-corrected chi connectivity index (χ4v) is 2.96. The van der Waals surface area contributed by atoms with Crippen LogP contribution in [0.25, 0.3) is 0 Å². The molecule has 2 aromatic rings. The van der Waals surface area contributed by atoms with Crippen molar-refractivity contribution < 1.29 is 4.79 Å². The van der Waals surface area contributed by atoms with Gasteiger partial charge in [0.15, 0.2) is 5.78 Å². The zero-order chi connectivity index (χ0) is 16.1. The van der Waals surface area contributed by atoms with Crippen LogP contribution in [0.5, 0.6) is 0 Å². The zero-order valence-corrected chi connectivity index (χ0v) is 13.8. The molecule has 0 aliphatic heterocycles. The minimum Gasteiger partial charge on any atom is -0.384 e. The summed E-state index contributed by atoms with van der Waals surface area (Å²) in [5.41, 5.74) is 2.93. The normalized spacial score (nSPS) is 10.5. The van der Waals surface area contributed by atoms with Gasteiger partial charge >= 0.3 is 0 Å². The summed E-state index contributed by atoms with van der Waals surface area (Å²) in [5.74, 6) is 0.436. The average Bonchev–Trinajstić information content (AvgIpc) is 2.96. The van der Waals surface area contributed by atoms with Crippen molar-refractivity contribution in [2.45, 2.75) is 33.1 Å². The van der Waals surface area contributed by atoms with Gasteiger partial charge in [-0.05, 0) is 25.1 Å². The van der Waals surface area contributed by atoms with Crippen LogP contribution < -0.4 is 5.32 Å². The SMILES string of the molecule is CC(=O)c1ccc(C#N)cc1NCCc1csc(C(C)C)n1. The Hall–Kier alpha value is -2.19. The van der Waals surface area contributed by atoms with E-state index in [0.29, 0.717) is 29.3 Å². The number of ketones is 1. The Morgan fingerprint density at radius 2 is 2.23 bits per heavy atom. The molecular formula is C17H19N3OS. The van der Waals surface area contributed by atoms with Crippen LogP contribution in [0.15, 0.2) is 23.6 Å². The van der Waals surface area contributed by atoms with Crippen LogP contribution in [0.3, 0.4) is 0 Å². The maximum Gasteiger partial charge on any atom is 0.161 e. The second kappa shape index (κ2) is 7.19. The highest BCUT2D eigenvalue weighted by Crippen LogP contribution is 2.21. The van der Waals surface area contributed by atoms with Crippen LogP contribution in [0.1, 0.15) is 53.3 Å². The van der Waals surface area contributed by atoms with Crippen LogP contribution in [0, 0.1) is 11.3 Å². The lowest BCUT2D eigenvalue weighted by molar-refractivity contribution is 0.101. The molecule has 2 rings (SSSR count). The number of nitriles is 1. The van der Waals surface area contributed by atoms with Gasteiger partial charge in [-0.2, -0.15) is 5.26 Å². The second-order valence-electron chi connectivity index (χ2n) is 5.44. The molecule has 5 heteroatoms. The molecular weight excluding hydrogens is 294 g/mol. The van der Waals surface area contributed by atoms with E-state index in [-0.39, 0.29) is 5.78 Å². The molecule has 1 heterocycles. The number of nitrogens with one attached hydrogen (secondary N) is 1. The predicted octanol–water partition coefficient (Wildman–Crippen LogP) is 4.00. The highest BCUT2D eigenvalue weighted by atomic mass is 32.1. The summed E-state index contributed by atoms with van der Waals surface area (Å²) in [5, 5.41) is 15.4. The molecule has 22 heavy (non-hydrogen) atoms. The number of carbonyl (C=O) groups excluding carboxylic acids is 1. The van der Waals surface area contributed by atoms with Crippen molar-refractivity contribution in [2.24, 2.45) is 0 Å². The maximum atomic E-state index is 11.6. The Bertz CT molecular complexity index is 713. The van der Waals surface area contributed by atoms with Gasteiger partial charge in [-0.1, -0.05) is 13.8 Å². The smallest absolute Gasteiger partial charge is 0.161 e. The van der Waals surface area contributed by atoms with E-state index in [9.17, 15) is 4.79 Å². The van der Waals surface area contributed by atoms with Crippen molar-refractivity contribution in [3.05, 3.63) is 45.4 Å². The molecule has 0 bridgehead atoms. The van der Waals surface area contributed by atoms with E-state index in [2.05, 4.69) is 35.6 Å². The third-order valence-electron chi connectivity index (χ3n) is 3.29. The Kier molecular flexibility index (Phi) is 5.29. The van der Waals surface area contributed by atoms with Crippen LogP contribution in [-0.2, 0) is 6.42 Å². The number of Topliss-reactive ketones (excluding diaryl/α,β-unsaturated/α-hetero) is 1. The van der Waals surface area contributed by atoms with E-state index < -0.39 is 0 Å². The number of benzene rings is 1. The fraction of sp³-hybridized carbons (Fsp3) is 0.353. The summed E-state index contributed by atoms with van der Waals surface area (Å²) in [6.07, 6.45) is 0.789. The Morgan fingerprint density at radius 3 is 2.82 bits per heavy atom. The maximum absolute atomic E-state index is 11.6. The monoisotopic (exact) mass is 313 g/mol. The van der Waals surface area contributed by atoms with Crippen molar-refractivity contribution in [3.8, 4) is 6.07 Å². The standard InChI is InChI=1S/C17H19N3OS/c1-11(2)17-20-14(10-22-17)6-7-19-16-8-13(9-18)4-5-15(16)12(3)21/h4-5,8,10-11,19H,6-7H2,1-3H3. The molecule has 0 spiro atoms. The van der Waals surface area contributed by atoms with Gasteiger partial charge < -0.3 is 5.32 Å². The molecule has 0 radical (unpaired) electrons. The average molecular weight is 313 g/mol. The fourth-order valence-electron chi connectivity index (χ4n) is 2.09. The number of rotatable bonds is 6. The van der Waals surface area contributed by atoms with Crippen molar-refractivity contribution in [1.82, 2.24) is 4.98 Å². The molecule has 0 amide bonds. The van der Waals surface area contributed by atoms with Gasteiger partial charge in [-0.3, -0.25) is 4.79 Å².